The first-order valence-corrected chi connectivity index (χ1v) is 7.14. The smallest absolute Gasteiger partial charge is 0.238 e. The predicted octanol–water partition coefficient (Wildman–Crippen LogP) is 1.70. The van der Waals surface area contributed by atoms with E-state index in [2.05, 4.69) is 10.2 Å². The highest BCUT2D eigenvalue weighted by Crippen LogP contribution is 2.20. The van der Waals surface area contributed by atoms with Crippen LogP contribution < -0.4 is 11.1 Å². The van der Waals surface area contributed by atoms with Gasteiger partial charge in [0.25, 0.3) is 0 Å². The first-order valence-electron chi connectivity index (χ1n) is 7.14. The summed E-state index contributed by atoms with van der Waals surface area (Å²) >= 11 is 0. The number of hydrogen-bond donors (Lipinski definition) is 2. The van der Waals surface area contributed by atoms with Crippen LogP contribution in [0, 0.1) is 11.7 Å². The molecule has 1 saturated heterocycles. The van der Waals surface area contributed by atoms with Gasteiger partial charge in [-0.2, -0.15) is 0 Å². The zero-order valence-electron chi connectivity index (χ0n) is 12.3. The number of likely N-dealkylation sites (tertiary alicyclic amines) is 1. The maximum atomic E-state index is 13.2. The van der Waals surface area contributed by atoms with Crippen LogP contribution in [-0.4, -0.2) is 44.2 Å². The standard InChI is InChI=1S/C15H22FN3O2/c1-21-10-11-3-2-6-19(8-11)9-15(20)18-14-7-12(16)4-5-13(14)17/h4-5,7,11H,2-3,6,8-10,17H2,1H3,(H,18,20). The van der Waals surface area contributed by atoms with Gasteiger partial charge in [0.15, 0.2) is 0 Å². The van der Waals surface area contributed by atoms with Crippen LogP contribution in [-0.2, 0) is 9.53 Å². The molecule has 0 bridgehead atoms. The second-order valence-corrected chi connectivity index (χ2v) is 5.48. The molecule has 1 heterocycles. The van der Waals surface area contributed by atoms with E-state index in [1.54, 1.807) is 7.11 Å². The minimum absolute atomic E-state index is 0.176. The van der Waals surface area contributed by atoms with Gasteiger partial charge in [-0.25, -0.2) is 4.39 Å². The summed E-state index contributed by atoms with van der Waals surface area (Å²) in [7, 11) is 1.69. The van der Waals surface area contributed by atoms with Crippen LogP contribution in [0.3, 0.4) is 0 Å². The first kappa shape index (κ1) is 15.7. The number of carbonyl (C=O) groups is 1. The van der Waals surface area contributed by atoms with Crippen molar-refractivity contribution in [2.24, 2.45) is 5.92 Å². The van der Waals surface area contributed by atoms with E-state index in [0.29, 0.717) is 17.3 Å². The molecule has 3 N–H and O–H groups in total. The molecule has 0 aliphatic carbocycles. The predicted molar refractivity (Wildman–Crippen MR) is 80.5 cm³/mol. The number of nitrogens with two attached hydrogens (primary N) is 1. The number of methoxy groups -OCH3 is 1. The van der Waals surface area contributed by atoms with E-state index in [4.69, 9.17) is 10.5 Å². The van der Waals surface area contributed by atoms with Crippen molar-refractivity contribution in [3.05, 3.63) is 24.0 Å². The van der Waals surface area contributed by atoms with E-state index in [0.717, 1.165) is 32.5 Å². The average Bonchev–Trinajstić information content (AvgIpc) is 2.43. The van der Waals surface area contributed by atoms with Crippen LogP contribution in [0.4, 0.5) is 15.8 Å². The molecule has 1 aliphatic rings. The van der Waals surface area contributed by atoms with E-state index >= 15 is 0 Å². The number of benzene rings is 1. The van der Waals surface area contributed by atoms with Crippen molar-refractivity contribution in [2.75, 3.05) is 44.4 Å². The number of carbonyl (C=O) groups excluding carboxylic acids is 1. The Morgan fingerprint density at radius 2 is 2.38 bits per heavy atom. The number of rotatable bonds is 5. The Hall–Kier alpha value is -1.66. The molecule has 21 heavy (non-hydrogen) atoms. The van der Waals surface area contributed by atoms with Crippen molar-refractivity contribution in [1.82, 2.24) is 4.90 Å². The summed E-state index contributed by atoms with van der Waals surface area (Å²) in [6, 6.07) is 3.95. The zero-order valence-corrected chi connectivity index (χ0v) is 12.3. The van der Waals surface area contributed by atoms with Gasteiger partial charge in [-0.3, -0.25) is 9.69 Å². The summed E-state index contributed by atoms with van der Waals surface area (Å²) in [4.78, 5) is 14.1. The summed E-state index contributed by atoms with van der Waals surface area (Å²) in [5.41, 5.74) is 6.41. The number of nitrogens with zero attached hydrogens (tertiary/aromatic N) is 1. The van der Waals surface area contributed by atoms with Crippen LogP contribution in [0.2, 0.25) is 0 Å². The quantitative estimate of drug-likeness (QED) is 0.811. The maximum Gasteiger partial charge on any atom is 0.238 e. The number of nitrogens with one attached hydrogen (secondary N) is 1. The van der Waals surface area contributed by atoms with Gasteiger partial charge < -0.3 is 15.8 Å². The summed E-state index contributed by atoms with van der Waals surface area (Å²) in [6.07, 6.45) is 2.19. The van der Waals surface area contributed by atoms with Crippen LogP contribution >= 0.6 is 0 Å². The van der Waals surface area contributed by atoms with Gasteiger partial charge in [0.05, 0.1) is 24.5 Å². The molecule has 1 atom stereocenters. The lowest BCUT2D eigenvalue weighted by molar-refractivity contribution is -0.117. The molecule has 0 aromatic heterocycles. The fraction of sp³-hybridized carbons (Fsp3) is 0.533. The number of amides is 1. The Bertz CT molecular complexity index is 494. The second-order valence-electron chi connectivity index (χ2n) is 5.48. The number of halogens is 1. The highest BCUT2D eigenvalue weighted by molar-refractivity contribution is 5.95. The molecule has 0 saturated carbocycles. The molecule has 5 nitrogen and oxygen atoms in total. The topological polar surface area (TPSA) is 67.6 Å². The lowest BCUT2D eigenvalue weighted by Gasteiger charge is -2.31. The van der Waals surface area contributed by atoms with Gasteiger partial charge in [0.1, 0.15) is 5.82 Å². The Morgan fingerprint density at radius 3 is 3.14 bits per heavy atom. The number of hydrogen-bond acceptors (Lipinski definition) is 4. The van der Waals surface area contributed by atoms with Gasteiger partial charge in [0.2, 0.25) is 5.91 Å². The number of ether oxygens (including phenoxy) is 1. The Morgan fingerprint density at radius 1 is 1.57 bits per heavy atom. The largest absolute Gasteiger partial charge is 0.397 e. The fourth-order valence-corrected chi connectivity index (χ4v) is 2.70. The van der Waals surface area contributed by atoms with Crippen molar-refractivity contribution in [3.63, 3.8) is 0 Å². The lowest BCUT2D eigenvalue weighted by atomic mass is 9.99. The van der Waals surface area contributed by atoms with Crippen LogP contribution in [0.1, 0.15) is 12.8 Å². The van der Waals surface area contributed by atoms with E-state index < -0.39 is 5.82 Å². The van der Waals surface area contributed by atoms with E-state index in [1.807, 2.05) is 0 Å². The number of anilines is 2. The van der Waals surface area contributed by atoms with Crippen molar-refractivity contribution in [2.45, 2.75) is 12.8 Å². The Kier molecular flexibility index (Phi) is 5.52. The maximum absolute atomic E-state index is 13.2. The fourth-order valence-electron chi connectivity index (χ4n) is 2.70. The average molecular weight is 295 g/mol. The first-order chi connectivity index (χ1) is 10.1. The summed E-state index contributed by atoms with van der Waals surface area (Å²) in [5.74, 6) is -0.126. The van der Waals surface area contributed by atoms with Crippen molar-refractivity contribution in [3.8, 4) is 0 Å². The Labute approximate surface area is 124 Å². The Balaban J connectivity index is 1.88. The van der Waals surface area contributed by atoms with Crippen LogP contribution in [0.15, 0.2) is 18.2 Å². The normalized spacial score (nSPS) is 19.4. The molecule has 1 fully saturated rings. The molecular weight excluding hydrogens is 273 g/mol. The molecule has 2 rings (SSSR count). The molecule has 1 aliphatic heterocycles. The van der Waals surface area contributed by atoms with E-state index in [1.165, 1.54) is 18.2 Å². The highest BCUT2D eigenvalue weighted by Gasteiger charge is 2.21. The monoisotopic (exact) mass is 295 g/mol. The lowest BCUT2D eigenvalue weighted by Crippen LogP contribution is -2.41. The zero-order chi connectivity index (χ0) is 15.2. The van der Waals surface area contributed by atoms with Gasteiger partial charge in [-0.05, 0) is 43.5 Å². The third kappa shape index (κ3) is 4.68. The summed E-state index contributed by atoms with van der Waals surface area (Å²) < 4.78 is 18.3. The molecular formula is C15H22FN3O2. The van der Waals surface area contributed by atoms with Gasteiger partial charge >= 0.3 is 0 Å². The van der Waals surface area contributed by atoms with Crippen molar-refractivity contribution in [1.29, 1.82) is 0 Å². The van der Waals surface area contributed by atoms with Crippen LogP contribution in [0.25, 0.3) is 0 Å². The molecule has 0 radical (unpaired) electrons. The molecule has 116 valence electrons. The molecule has 0 spiro atoms. The third-order valence-corrected chi connectivity index (χ3v) is 3.66. The van der Waals surface area contributed by atoms with Gasteiger partial charge in [-0.1, -0.05) is 0 Å². The number of piperidine rings is 1. The van der Waals surface area contributed by atoms with E-state index in [9.17, 15) is 9.18 Å². The van der Waals surface area contributed by atoms with E-state index in [-0.39, 0.29) is 12.5 Å². The molecule has 1 aromatic rings. The molecule has 1 amide bonds. The van der Waals surface area contributed by atoms with Crippen molar-refractivity contribution >= 4 is 17.3 Å². The molecule has 1 aromatic carbocycles. The minimum atomic E-state index is -0.419. The minimum Gasteiger partial charge on any atom is -0.397 e. The highest BCUT2D eigenvalue weighted by atomic mass is 19.1. The molecule has 1 unspecified atom stereocenters. The van der Waals surface area contributed by atoms with Gasteiger partial charge in [-0.15, -0.1) is 0 Å². The SMILES string of the molecule is COCC1CCCN(CC(=O)Nc2cc(F)ccc2N)C1. The second kappa shape index (κ2) is 7.38. The van der Waals surface area contributed by atoms with Crippen molar-refractivity contribution < 1.29 is 13.9 Å². The van der Waals surface area contributed by atoms with Crippen LogP contribution in [0.5, 0.6) is 0 Å². The molecule has 6 heteroatoms. The summed E-state index contributed by atoms with van der Waals surface area (Å²) in [5, 5.41) is 2.67. The summed E-state index contributed by atoms with van der Waals surface area (Å²) in [6.45, 7) is 2.75. The number of nitrogen functional groups attached to an aromatic ring is 1. The van der Waals surface area contributed by atoms with Gasteiger partial charge in [0, 0.05) is 13.7 Å². The third-order valence-electron chi connectivity index (χ3n) is 3.66.